The molecule has 3 aromatic rings. The molecular formula is C19H18N2O2. The molecule has 0 spiro atoms. The molecule has 0 radical (unpaired) electrons. The number of benzene rings is 2. The van der Waals surface area contributed by atoms with Gasteiger partial charge in [-0.1, -0.05) is 42.5 Å². The van der Waals surface area contributed by atoms with Crippen LogP contribution in [0.15, 0.2) is 59.0 Å². The molecule has 23 heavy (non-hydrogen) atoms. The molecule has 0 saturated heterocycles. The molecule has 4 nitrogen and oxygen atoms in total. The van der Waals surface area contributed by atoms with E-state index in [1.807, 2.05) is 68.4 Å². The first-order valence-electron chi connectivity index (χ1n) is 7.50. The Bertz CT molecular complexity index is 805. The molecule has 1 aromatic heterocycles. The molecule has 1 N–H and O–H groups in total. The van der Waals surface area contributed by atoms with E-state index >= 15 is 0 Å². The molecule has 0 unspecified atom stereocenters. The summed E-state index contributed by atoms with van der Waals surface area (Å²) >= 11 is 0. The predicted octanol–water partition coefficient (Wildman–Crippen LogP) is 4.14. The highest BCUT2D eigenvalue weighted by atomic mass is 16.4. The minimum atomic E-state index is -0.0302. The number of rotatable bonds is 4. The van der Waals surface area contributed by atoms with Gasteiger partial charge in [0.05, 0.1) is 6.42 Å². The van der Waals surface area contributed by atoms with Crippen molar-refractivity contribution >= 4 is 11.6 Å². The number of amides is 1. The van der Waals surface area contributed by atoms with E-state index in [0.717, 1.165) is 28.3 Å². The summed E-state index contributed by atoms with van der Waals surface area (Å²) < 4.78 is 5.45. The Morgan fingerprint density at radius 2 is 1.74 bits per heavy atom. The summed E-state index contributed by atoms with van der Waals surface area (Å²) in [5, 5.41) is 2.91. The third-order valence-corrected chi connectivity index (χ3v) is 3.55. The first-order valence-corrected chi connectivity index (χ1v) is 7.50. The predicted molar refractivity (Wildman–Crippen MR) is 90.2 cm³/mol. The number of oxazole rings is 1. The van der Waals surface area contributed by atoms with Crippen molar-refractivity contribution < 1.29 is 9.21 Å². The van der Waals surface area contributed by atoms with Gasteiger partial charge in [-0.15, -0.1) is 0 Å². The zero-order valence-electron chi connectivity index (χ0n) is 13.2. The molecule has 1 heterocycles. The summed E-state index contributed by atoms with van der Waals surface area (Å²) in [6.45, 7) is 3.72. The average molecular weight is 306 g/mol. The van der Waals surface area contributed by atoms with Gasteiger partial charge >= 0.3 is 0 Å². The van der Waals surface area contributed by atoms with Gasteiger partial charge in [0, 0.05) is 18.2 Å². The number of hydrogen-bond acceptors (Lipinski definition) is 3. The van der Waals surface area contributed by atoms with Crippen LogP contribution >= 0.6 is 0 Å². The van der Waals surface area contributed by atoms with Crippen molar-refractivity contribution in [3.8, 4) is 11.3 Å². The first kappa shape index (κ1) is 15.0. The van der Waals surface area contributed by atoms with Crippen LogP contribution in [0.25, 0.3) is 11.3 Å². The Hall–Kier alpha value is -2.88. The Labute approximate surface area is 135 Å². The summed E-state index contributed by atoms with van der Waals surface area (Å²) in [7, 11) is 0. The van der Waals surface area contributed by atoms with E-state index in [1.165, 1.54) is 0 Å². The van der Waals surface area contributed by atoms with Gasteiger partial charge in [-0.05, 0) is 24.6 Å². The third kappa shape index (κ3) is 3.66. The molecule has 3 rings (SSSR count). The van der Waals surface area contributed by atoms with Crippen LogP contribution in [-0.4, -0.2) is 10.9 Å². The maximum absolute atomic E-state index is 12.1. The Morgan fingerprint density at radius 3 is 2.35 bits per heavy atom. The zero-order valence-corrected chi connectivity index (χ0v) is 13.2. The zero-order chi connectivity index (χ0) is 16.2. The average Bonchev–Trinajstić information content (AvgIpc) is 2.87. The fourth-order valence-electron chi connectivity index (χ4n) is 2.49. The summed E-state index contributed by atoms with van der Waals surface area (Å²) in [6, 6.07) is 17.3. The van der Waals surface area contributed by atoms with Crippen molar-refractivity contribution in [1.29, 1.82) is 0 Å². The summed E-state index contributed by atoms with van der Waals surface area (Å²) in [6.07, 6.45) is 0.365. The van der Waals surface area contributed by atoms with E-state index in [1.54, 1.807) is 0 Å². The van der Waals surface area contributed by atoms with Crippen LogP contribution in [0.4, 0.5) is 5.69 Å². The van der Waals surface area contributed by atoms with Crippen molar-refractivity contribution in [2.24, 2.45) is 0 Å². The molecule has 2 aromatic carbocycles. The highest BCUT2D eigenvalue weighted by Crippen LogP contribution is 2.24. The molecule has 0 aliphatic rings. The number of aromatic nitrogens is 1. The number of anilines is 1. The van der Waals surface area contributed by atoms with Crippen LogP contribution in [0, 0.1) is 13.8 Å². The van der Waals surface area contributed by atoms with E-state index in [4.69, 9.17) is 4.42 Å². The number of hydrogen-bond donors (Lipinski definition) is 1. The Kier molecular flexibility index (Phi) is 4.24. The maximum atomic E-state index is 12.1. The second-order valence-electron chi connectivity index (χ2n) is 5.43. The molecule has 0 atom stereocenters. The molecule has 0 fully saturated rings. The smallest absolute Gasteiger partial charge is 0.228 e. The summed E-state index contributed by atoms with van der Waals surface area (Å²) in [5.74, 6) is 1.42. The quantitative estimate of drug-likeness (QED) is 0.788. The van der Waals surface area contributed by atoms with Gasteiger partial charge in [0.25, 0.3) is 0 Å². The standard InChI is InChI=1S/C19H18N2O2/c1-13-19(20-14(2)23-13)16-8-10-17(11-9-16)21-18(22)12-15-6-4-3-5-7-15/h3-11H,12H2,1-2H3,(H,21,22). The van der Waals surface area contributed by atoms with E-state index in [-0.39, 0.29) is 5.91 Å². The van der Waals surface area contributed by atoms with Crippen LogP contribution in [0.5, 0.6) is 0 Å². The highest BCUT2D eigenvalue weighted by Gasteiger charge is 2.09. The van der Waals surface area contributed by atoms with Crippen LogP contribution in [0.3, 0.4) is 0 Å². The SMILES string of the molecule is Cc1nc(-c2ccc(NC(=O)Cc3ccccc3)cc2)c(C)o1. The van der Waals surface area contributed by atoms with Crippen LogP contribution < -0.4 is 5.32 Å². The number of carbonyl (C=O) groups excluding carboxylic acids is 1. The molecule has 0 aliphatic heterocycles. The van der Waals surface area contributed by atoms with Gasteiger partial charge in [0.15, 0.2) is 5.89 Å². The van der Waals surface area contributed by atoms with Gasteiger partial charge < -0.3 is 9.73 Å². The molecule has 116 valence electrons. The van der Waals surface area contributed by atoms with Crippen LogP contribution in [0.2, 0.25) is 0 Å². The lowest BCUT2D eigenvalue weighted by atomic mass is 10.1. The molecule has 0 saturated carbocycles. The van der Waals surface area contributed by atoms with Crippen molar-refractivity contribution in [3.05, 3.63) is 71.8 Å². The van der Waals surface area contributed by atoms with Gasteiger partial charge in [-0.2, -0.15) is 0 Å². The minimum absolute atomic E-state index is 0.0302. The van der Waals surface area contributed by atoms with Gasteiger partial charge in [-0.3, -0.25) is 4.79 Å². The van der Waals surface area contributed by atoms with Crippen LogP contribution in [-0.2, 0) is 11.2 Å². The largest absolute Gasteiger partial charge is 0.446 e. The van der Waals surface area contributed by atoms with Gasteiger partial charge in [-0.25, -0.2) is 4.98 Å². The molecule has 1 amide bonds. The normalized spacial score (nSPS) is 10.5. The topological polar surface area (TPSA) is 55.1 Å². The lowest BCUT2D eigenvalue weighted by Crippen LogP contribution is -2.14. The molecular weight excluding hydrogens is 288 g/mol. The lowest BCUT2D eigenvalue weighted by molar-refractivity contribution is -0.115. The first-order chi connectivity index (χ1) is 11.1. The van der Waals surface area contributed by atoms with Crippen molar-refractivity contribution in [2.45, 2.75) is 20.3 Å². The Balaban J connectivity index is 1.68. The monoisotopic (exact) mass is 306 g/mol. The Morgan fingerprint density at radius 1 is 1.04 bits per heavy atom. The van der Waals surface area contributed by atoms with E-state index < -0.39 is 0 Å². The van der Waals surface area contributed by atoms with Crippen molar-refractivity contribution in [2.75, 3.05) is 5.32 Å². The maximum Gasteiger partial charge on any atom is 0.228 e. The number of nitrogens with one attached hydrogen (secondary N) is 1. The number of carbonyl (C=O) groups is 1. The van der Waals surface area contributed by atoms with E-state index in [2.05, 4.69) is 10.3 Å². The van der Waals surface area contributed by atoms with Crippen molar-refractivity contribution in [1.82, 2.24) is 4.98 Å². The summed E-state index contributed by atoms with van der Waals surface area (Å²) in [4.78, 5) is 16.4. The second kappa shape index (κ2) is 6.48. The van der Waals surface area contributed by atoms with Crippen LogP contribution in [0.1, 0.15) is 17.2 Å². The fourth-order valence-corrected chi connectivity index (χ4v) is 2.49. The minimum Gasteiger partial charge on any atom is -0.446 e. The molecule has 0 aliphatic carbocycles. The van der Waals surface area contributed by atoms with Gasteiger partial charge in [0.2, 0.25) is 5.91 Å². The fraction of sp³-hybridized carbons (Fsp3) is 0.158. The molecule has 4 heteroatoms. The number of aryl methyl sites for hydroxylation is 2. The van der Waals surface area contributed by atoms with E-state index in [0.29, 0.717) is 12.3 Å². The highest BCUT2D eigenvalue weighted by molar-refractivity contribution is 5.92. The molecule has 0 bridgehead atoms. The second-order valence-corrected chi connectivity index (χ2v) is 5.43. The van der Waals surface area contributed by atoms with Gasteiger partial charge in [0.1, 0.15) is 11.5 Å². The van der Waals surface area contributed by atoms with Crippen molar-refractivity contribution in [3.63, 3.8) is 0 Å². The third-order valence-electron chi connectivity index (χ3n) is 3.55. The summed E-state index contributed by atoms with van der Waals surface area (Å²) in [5.41, 5.74) is 3.58. The lowest BCUT2D eigenvalue weighted by Gasteiger charge is -2.06. The number of nitrogens with zero attached hydrogens (tertiary/aromatic N) is 1. The van der Waals surface area contributed by atoms with E-state index in [9.17, 15) is 4.79 Å².